The maximum absolute atomic E-state index is 12.8. The van der Waals surface area contributed by atoms with Crippen molar-refractivity contribution in [2.45, 2.75) is 26.0 Å². The predicted octanol–water partition coefficient (Wildman–Crippen LogP) is 2.56. The Bertz CT molecular complexity index is 827. The molecule has 0 saturated carbocycles. The first-order chi connectivity index (χ1) is 12.0. The van der Waals surface area contributed by atoms with Crippen molar-refractivity contribution in [1.82, 2.24) is 10.3 Å². The van der Waals surface area contributed by atoms with Gasteiger partial charge in [-0.1, -0.05) is 29.8 Å². The minimum atomic E-state index is -1.66. The van der Waals surface area contributed by atoms with E-state index in [4.69, 9.17) is 16.3 Å². The van der Waals surface area contributed by atoms with Crippen LogP contribution in [-0.2, 0) is 16.1 Å². The summed E-state index contributed by atoms with van der Waals surface area (Å²) >= 11 is 6.10. The first kappa shape index (κ1) is 17.2. The monoisotopic (exact) mass is 359 g/mol. The molecule has 1 aliphatic heterocycles. The van der Waals surface area contributed by atoms with Gasteiger partial charge in [-0.25, -0.2) is 4.98 Å². The molecule has 1 aliphatic rings. The predicted molar refractivity (Wildman–Crippen MR) is 94.6 cm³/mol. The molecule has 0 spiro atoms. The number of likely N-dealkylation sites (N-methyl/N-ethyl adjacent to an activating group) is 1. The fourth-order valence-corrected chi connectivity index (χ4v) is 2.91. The number of rotatable bonds is 4. The van der Waals surface area contributed by atoms with Crippen molar-refractivity contribution in [3.8, 4) is 5.75 Å². The zero-order valence-electron chi connectivity index (χ0n) is 14.0. The lowest BCUT2D eigenvalue weighted by molar-refractivity contribution is -0.148. The molecule has 0 saturated heterocycles. The summed E-state index contributed by atoms with van der Waals surface area (Å²) in [5.74, 6) is -0.144. The second-order valence-corrected chi connectivity index (χ2v) is 6.19. The number of ether oxygens (including phenoxy) is 1. The van der Waals surface area contributed by atoms with Crippen molar-refractivity contribution >= 4 is 29.2 Å². The Balaban J connectivity index is 1.84. The van der Waals surface area contributed by atoms with Crippen molar-refractivity contribution in [2.75, 3.05) is 11.4 Å². The highest BCUT2D eigenvalue weighted by Gasteiger charge is 2.50. The molecule has 1 aromatic heterocycles. The Morgan fingerprint density at radius 2 is 2.08 bits per heavy atom. The number of aromatic nitrogens is 1. The third-order valence-electron chi connectivity index (χ3n) is 4.12. The van der Waals surface area contributed by atoms with Crippen molar-refractivity contribution in [3.05, 3.63) is 53.2 Å². The molecule has 6 nitrogen and oxygen atoms in total. The number of fused-ring (bicyclic) bond motifs is 1. The smallest absolute Gasteiger partial charge is 0.282 e. The van der Waals surface area contributed by atoms with E-state index in [-0.39, 0.29) is 6.54 Å². The molecule has 0 radical (unpaired) electrons. The molecule has 25 heavy (non-hydrogen) atoms. The number of hydrogen-bond acceptors (Lipinski definition) is 4. The van der Waals surface area contributed by atoms with E-state index in [1.165, 1.54) is 11.8 Å². The van der Waals surface area contributed by atoms with Crippen molar-refractivity contribution in [1.29, 1.82) is 0 Å². The number of amides is 2. The van der Waals surface area contributed by atoms with E-state index in [1.807, 2.05) is 25.1 Å². The summed E-state index contributed by atoms with van der Waals surface area (Å²) in [6.45, 7) is 3.88. The first-order valence-corrected chi connectivity index (χ1v) is 8.33. The molecule has 1 aromatic carbocycles. The van der Waals surface area contributed by atoms with Crippen LogP contribution in [0.1, 0.15) is 19.4 Å². The van der Waals surface area contributed by atoms with Crippen LogP contribution in [0.2, 0.25) is 5.02 Å². The maximum atomic E-state index is 12.8. The van der Waals surface area contributed by atoms with Gasteiger partial charge < -0.3 is 10.1 Å². The van der Waals surface area contributed by atoms with Gasteiger partial charge in [-0.15, -0.1) is 0 Å². The van der Waals surface area contributed by atoms with Crippen LogP contribution < -0.4 is 15.0 Å². The molecule has 1 unspecified atom stereocenters. The molecule has 7 heteroatoms. The number of benzene rings is 1. The molecule has 130 valence electrons. The summed E-state index contributed by atoms with van der Waals surface area (Å²) in [5, 5.41) is 3.29. The van der Waals surface area contributed by atoms with Crippen molar-refractivity contribution in [2.24, 2.45) is 0 Å². The minimum Gasteiger partial charge on any atom is -0.464 e. The summed E-state index contributed by atoms with van der Waals surface area (Å²) in [4.78, 5) is 31.2. The Kier molecular flexibility index (Phi) is 4.63. The van der Waals surface area contributed by atoms with E-state index in [0.717, 1.165) is 5.56 Å². The summed E-state index contributed by atoms with van der Waals surface area (Å²) in [7, 11) is 0. The number of carbonyl (C=O) groups excluding carboxylic acids is 2. The van der Waals surface area contributed by atoms with E-state index >= 15 is 0 Å². The van der Waals surface area contributed by atoms with Gasteiger partial charge >= 0.3 is 0 Å². The van der Waals surface area contributed by atoms with Crippen LogP contribution in [0, 0.1) is 0 Å². The second kappa shape index (κ2) is 6.72. The second-order valence-electron chi connectivity index (χ2n) is 5.78. The Morgan fingerprint density at radius 3 is 2.80 bits per heavy atom. The van der Waals surface area contributed by atoms with Gasteiger partial charge in [0.25, 0.3) is 17.4 Å². The van der Waals surface area contributed by atoms with E-state index in [9.17, 15) is 9.59 Å². The molecule has 0 fully saturated rings. The first-order valence-electron chi connectivity index (χ1n) is 7.95. The van der Waals surface area contributed by atoms with E-state index < -0.39 is 17.4 Å². The topological polar surface area (TPSA) is 71.5 Å². The number of halogens is 1. The number of hydrogen-bond donors (Lipinski definition) is 1. The van der Waals surface area contributed by atoms with Crippen molar-refractivity contribution < 1.29 is 14.3 Å². The molecule has 2 aromatic rings. The van der Waals surface area contributed by atoms with E-state index in [1.54, 1.807) is 24.4 Å². The summed E-state index contributed by atoms with van der Waals surface area (Å²) in [6, 6.07) is 10.6. The average molecular weight is 360 g/mol. The largest absolute Gasteiger partial charge is 0.464 e. The number of carbonyl (C=O) groups is 2. The van der Waals surface area contributed by atoms with Crippen LogP contribution in [0.5, 0.6) is 5.75 Å². The lowest BCUT2D eigenvalue weighted by Crippen LogP contribution is -2.62. The number of pyridine rings is 1. The van der Waals surface area contributed by atoms with Gasteiger partial charge in [-0.05, 0) is 37.6 Å². The van der Waals surface area contributed by atoms with E-state index in [2.05, 4.69) is 10.3 Å². The van der Waals surface area contributed by atoms with E-state index in [0.29, 0.717) is 23.1 Å². The zero-order valence-corrected chi connectivity index (χ0v) is 14.7. The third kappa shape index (κ3) is 3.05. The molecule has 3 rings (SSSR count). The SMILES string of the molecule is CCN1C(=O)C(C)(C(=O)NCc2ccccc2Cl)Oc2cccnc21. The van der Waals surface area contributed by atoms with Gasteiger partial charge in [0.1, 0.15) is 0 Å². The molecule has 1 atom stereocenters. The number of nitrogens with one attached hydrogen (secondary N) is 1. The van der Waals surface area contributed by atoms with Crippen LogP contribution in [0.15, 0.2) is 42.6 Å². The average Bonchev–Trinajstić information content (AvgIpc) is 2.62. The van der Waals surface area contributed by atoms with Gasteiger partial charge in [-0.3, -0.25) is 14.5 Å². The van der Waals surface area contributed by atoms with Crippen LogP contribution >= 0.6 is 11.6 Å². The van der Waals surface area contributed by atoms with Crippen LogP contribution in [-0.4, -0.2) is 28.9 Å². The lowest BCUT2D eigenvalue weighted by Gasteiger charge is -2.38. The lowest BCUT2D eigenvalue weighted by atomic mass is 10.0. The van der Waals surface area contributed by atoms with Gasteiger partial charge in [0.2, 0.25) is 0 Å². The highest BCUT2D eigenvalue weighted by molar-refractivity contribution is 6.31. The quantitative estimate of drug-likeness (QED) is 0.852. The third-order valence-corrected chi connectivity index (χ3v) is 4.49. The van der Waals surface area contributed by atoms with Crippen LogP contribution in [0.25, 0.3) is 0 Å². The fourth-order valence-electron chi connectivity index (χ4n) is 2.70. The molecule has 2 heterocycles. The van der Waals surface area contributed by atoms with Gasteiger partial charge in [-0.2, -0.15) is 0 Å². The Labute approximate surface area is 150 Å². The number of anilines is 1. The highest BCUT2D eigenvalue weighted by Crippen LogP contribution is 2.35. The molecule has 0 bridgehead atoms. The molecule has 0 aliphatic carbocycles. The zero-order chi connectivity index (χ0) is 18.0. The van der Waals surface area contributed by atoms with Crippen LogP contribution in [0.3, 0.4) is 0 Å². The Hall–Kier alpha value is -2.60. The highest BCUT2D eigenvalue weighted by atomic mass is 35.5. The fraction of sp³-hybridized carbons (Fsp3) is 0.278. The van der Waals surface area contributed by atoms with Crippen molar-refractivity contribution in [3.63, 3.8) is 0 Å². The molecular formula is C18H18ClN3O3. The Morgan fingerprint density at radius 1 is 1.32 bits per heavy atom. The minimum absolute atomic E-state index is 0.205. The standard InChI is InChI=1S/C18H18ClN3O3/c1-3-22-15-14(9-6-10-20-15)25-18(2,17(22)24)16(23)21-11-12-7-4-5-8-13(12)19/h4-10H,3,11H2,1-2H3,(H,21,23). The van der Waals surface area contributed by atoms with Gasteiger partial charge in [0.15, 0.2) is 11.6 Å². The summed E-state index contributed by atoms with van der Waals surface area (Å²) in [5.41, 5.74) is -0.897. The maximum Gasteiger partial charge on any atom is 0.282 e. The molecule has 1 N–H and O–H groups in total. The number of nitrogens with zero attached hydrogens (tertiary/aromatic N) is 2. The van der Waals surface area contributed by atoms with Gasteiger partial charge in [0, 0.05) is 24.3 Å². The summed E-state index contributed by atoms with van der Waals surface area (Å²) < 4.78 is 5.75. The summed E-state index contributed by atoms with van der Waals surface area (Å²) in [6.07, 6.45) is 1.58. The molecular weight excluding hydrogens is 342 g/mol. The van der Waals surface area contributed by atoms with Crippen LogP contribution in [0.4, 0.5) is 5.82 Å². The van der Waals surface area contributed by atoms with Gasteiger partial charge in [0.05, 0.1) is 0 Å². The normalized spacial score (nSPS) is 19.2. The molecule has 2 amide bonds.